The standard InChI is InChI=1S/C41H51ClN6O9S2/c1-6-24-19-41(24,40(51)46-59(52,53)25-7-8-25)45-37(49)29-18-33(30-20-56-36(23(4)5)39(50)48(29)30)57-32-17-27(38-44-28(21-58-38)22(2)3)43-35-26(32)9-10-31(34(35)42)55-16-13-47-11-14-54-15-12-47/h6,9-10,17,21-25,29-30,33,36H,1,7-8,11-16,18-20H2,2-5H3,(H,45,49)(H,46,51)/t24-,29+,30-,33-,36-,41-/m1/s1. The molecule has 5 fully saturated rings. The van der Waals surface area contributed by atoms with Gasteiger partial charge in [-0.3, -0.25) is 24.0 Å². The first-order chi connectivity index (χ1) is 28.2. The van der Waals surface area contributed by atoms with Crippen LogP contribution in [0.1, 0.15) is 65.0 Å². The topological polar surface area (TPSA) is 179 Å². The minimum absolute atomic E-state index is 0.0671. The van der Waals surface area contributed by atoms with Gasteiger partial charge in [0.15, 0.2) is 0 Å². The first kappa shape index (κ1) is 41.8. The number of benzene rings is 1. The molecule has 6 atom stereocenters. The lowest BCUT2D eigenvalue weighted by molar-refractivity contribution is -0.167. The monoisotopic (exact) mass is 870 g/mol. The summed E-state index contributed by atoms with van der Waals surface area (Å²) in [5.74, 6) is -1.34. The van der Waals surface area contributed by atoms with Gasteiger partial charge < -0.3 is 29.2 Å². The number of nitrogens with zero attached hydrogens (tertiary/aromatic N) is 4. The van der Waals surface area contributed by atoms with E-state index in [1.807, 2.05) is 25.3 Å². The van der Waals surface area contributed by atoms with Crippen LogP contribution >= 0.6 is 22.9 Å². The molecule has 0 unspecified atom stereocenters. The van der Waals surface area contributed by atoms with Crippen LogP contribution in [0.5, 0.6) is 11.5 Å². The fourth-order valence-corrected chi connectivity index (χ4v) is 10.7. The average Bonchev–Trinajstić information content (AvgIpc) is 4.10. The van der Waals surface area contributed by atoms with Crippen molar-refractivity contribution in [3.05, 3.63) is 47.0 Å². The molecule has 59 heavy (non-hydrogen) atoms. The number of nitrogens with one attached hydrogen (secondary N) is 2. The maximum atomic E-state index is 14.4. The Balaban J connectivity index is 1.11. The second kappa shape index (κ2) is 16.5. The maximum absolute atomic E-state index is 14.4. The largest absolute Gasteiger partial charge is 0.491 e. The number of carbonyl (C=O) groups excluding carboxylic acids is 3. The normalized spacial score (nSPS) is 27.2. The van der Waals surface area contributed by atoms with Crippen molar-refractivity contribution in [1.29, 1.82) is 0 Å². The highest BCUT2D eigenvalue weighted by Gasteiger charge is 2.63. The number of carbonyl (C=O) groups is 3. The second-order valence-electron chi connectivity index (χ2n) is 16.7. The number of halogens is 1. The smallest absolute Gasteiger partial charge is 0.259 e. The van der Waals surface area contributed by atoms with Gasteiger partial charge in [-0.25, -0.2) is 18.4 Å². The van der Waals surface area contributed by atoms with Crippen LogP contribution in [-0.4, -0.2) is 127 Å². The molecule has 3 aliphatic heterocycles. The van der Waals surface area contributed by atoms with Gasteiger partial charge in [0.2, 0.25) is 15.9 Å². The third-order valence-electron chi connectivity index (χ3n) is 11.9. The number of pyridine rings is 1. The number of amides is 3. The predicted octanol–water partition coefficient (Wildman–Crippen LogP) is 4.29. The van der Waals surface area contributed by atoms with Gasteiger partial charge >= 0.3 is 0 Å². The van der Waals surface area contributed by atoms with Crippen LogP contribution in [-0.2, 0) is 33.9 Å². The Hall–Kier alpha value is -3.87. The van der Waals surface area contributed by atoms with Crippen LogP contribution < -0.4 is 19.5 Å². The summed E-state index contributed by atoms with van der Waals surface area (Å²) >= 11 is 8.55. The van der Waals surface area contributed by atoms with Gasteiger partial charge in [-0.05, 0) is 43.2 Å². The van der Waals surface area contributed by atoms with Crippen molar-refractivity contribution in [3.8, 4) is 22.2 Å². The zero-order chi connectivity index (χ0) is 41.8. The van der Waals surface area contributed by atoms with E-state index in [2.05, 4.69) is 35.4 Å². The van der Waals surface area contributed by atoms with Crippen molar-refractivity contribution in [2.24, 2.45) is 11.8 Å². The molecule has 0 spiro atoms. The molecule has 2 saturated carbocycles. The SMILES string of the molecule is C=C[C@@H]1C[C@]1(NC(=O)[C@@H]1C[C@@H](Oc2cc(-c3nc(C(C)C)cs3)nc3c(Cl)c(OCCN4CCOCC4)ccc23)[C@H]2CO[C@H](C(C)C)C(=O)N21)C(=O)NS(=O)(=O)C1CC1. The van der Waals surface area contributed by atoms with Crippen LogP contribution in [0, 0.1) is 11.8 Å². The first-order valence-corrected chi connectivity index (χ1v) is 23.1. The molecule has 3 saturated heterocycles. The van der Waals surface area contributed by atoms with Gasteiger partial charge in [-0.2, -0.15) is 0 Å². The van der Waals surface area contributed by atoms with E-state index in [0.29, 0.717) is 77.3 Å². The van der Waals surface area contributed by atoms with E-state index in [0.717, 1.165) is 18.8 Å². The number of morpholine rings is 2. The van der Waals surface area contributed by atoms with Crippen LogP contribution in [0.3, 0.4) is 0 Å². The van der Waals surface area contributed by atoms with Crippen molar-refractivity contribution >= 4 is 61.6 Å². The van der Waals surface area contributed by atoms with E-state index in [1.54, 1.807) is 12.1 Å². The lowest BCUT2D eigenvalue weighted by atomic mass is 10.0. The third kappa shape index (κ3) is 8.30. The molecule has 5 aliphatic rings. The Morgan fingerprint density at radius 1 is 1.15 bits per heavy atom. The Labute approximate surface area is 353 Å². The molecule has 318 valence electrons. The first-order valence-electron chi connectivity index (χ1n) is 20.3. The van der Waals surface area contributed by atoms with Crippen molar-refractivity contribution in [1.82, 2.24) is 29.8 Å². The van der Waals surface area contributed by atoms with E-state index in [9.17, 15) is 22.8 Å². The third-order valence-corrected chi connectivity index (χ3v) is 15.0. The van der Waals surface area contributed by atoms with Crippen LogP contribution in [0.4, 0.5) is 0 Å². The number of ether oxygens (including phenoxy) is 4. The fraction of sp³-hybridized carbons (Fsp3) is 0.585. The molecule has 2 aromatic heterocycles. The molecule has 18 heteroatoms. The van der Waals surface area contributed by atoms with Gasteiger partial charge in [-0.1, -0.05) is 45.4 Å². The van der Waals surface area contributed by atoms with Crippen molar-refractivity contribution in [2.45, 2.75) is 94.4 Å². The molecule has 5 heterocycles. The Kier molecular flexibility index (Phi) is 11.7. The number of hydrogen-bond donors (Lipinski definition) is 2. The number of sulfonamides is 1. The van der Waals surface area contributed by atoms with Crippen molar-refractivity contribution in [2.75, 3.05) is 46.1 Å². The fourth-order valence-electron chi connectivity index (χ4n) is 8.15. The van der Waals surface area contributed by atoms with Crippen molar-refractivity contribution < 1.29 is 41.7 Å². The molecule has 8 rings (SSSR count). The second-order valence-corrected chi connectivity index (χ2v) is 19.9. The molecular formula is C41H51ClN6O9S2. The van der Waals surface area contributed by atoms with Crippen LogP contribution in [0.2, 0.25) is 5.02 Å². The summed E-state index contributed by atoms with van der Waals surface area (Å²) in [4.78, 5) is 55.8. The molecule has 15 nitrogen and oxygen atoms in total. The van der Waals surface area contributed by atoms with E-state index >= 15 is 0 Å². The molecule has 3 aromatic rings. The number of fused-ring (bicyclic) bond motifs is 2. The minimum Gasteiger partial charge on any atom is -0.491 e. The van der Waals surface area contributed by atoms with Crippen LogP contribution in [0.25, 0.3) is 21.6 Å². The lowest BCUT2D eigenvalue weighted by Crippen LogP contribution is -2.61. The number of hydrogen-bond acceptors (Lipinski definition) is 13. The Morgan fingerprint density at radius 3 is 2.58 bits per heavy atom. The maximum Gasteiger partial charge on any atom is 0.259 e. The molecule has 0 bridgehead atoms. The molecule has 2 aliphatic carbocycles. The van der Waals surface area contributed by atoms with Gasteiger partial charge in [0.05, 0.1) is 42.3 Å². The summed E-state index contributed by atoms with van der Waals surface area (Å²) in [6, 6.07) is 3.72. The van der Waals surface area contributed by atoms with Crippen LogP contribution in [0.15, 0.2) is 36.2 Å². The minimum atomic E-state index is -3.88. The van der Waals surface area contributed by atoms with Gasteiger partial charge in [0.25, 0.3) is 11.8 Å². The summed E-state index contributed by atoms with van der Waals surface area (Å²) in [6.07, 6.45) is 1.20. The zero-order valence-corrected chi connectivity index (χ0v) is 36.0. The van der Waals surface area contributed by atoms with E-state index in [-0.39, 0.29) is 37.2 Å². The molecule has 0 radical (unpaired) electrons. The number of rotatable bonds is 15. The zero-order valence-electron chi connectivity index (χ0n) is 33.6. The molecule has 2 N–H and O–H groups in total. The quantitative estimate of drug-likeness (QED) is 0.208. The molecule has 3 amide bonds. The van der Waals surface area contributed by atoms with Gasteiger partial charge in [-0.15, -0.1) is 17.9 Å². The van der Waals surface area contributed by atoms with Gasteiger partial charge in [0, 0.05) is 48.8 Å². The molecule has 1 aromatic carbocycles. The summed E-state index contributed by atoms with van der Waals surface area (Å²) in [5.41, 5.74) is 0.390. The lowest BCUT2D eigenvalue weighted by Gasteiger charge is -2.40. The Bertz CT molecular complexity index is 2240. The molecular weight excluding hydrogens is 820 g/mol. The number of aromatic nitrogens is 2. The van der Waals surface area contributed by atoms with E-state index in [1.165, 1.54) is 22.3 Å². The highest BCUT2D eigenvalue weighted by atomic mass is 35.5. The highest BCUT2D eigenvalue weighted by Crippen LogP contribution is 2.46. The average molecular weight is 871 g/mol. The van der Waals surface area contributed by atoms with E-state index < -0.39 is 62.8 Å². The summed E-state index contributed by atoms with van der Waals surface area (Å²) in [7, 11) is -3.88. The Morgan fingerprint density at radius 2 is 1.92 bits per heavy atom. The van der Waals surface area contributed by atoms with E-state index in [4.69, 9.17) is 40.5 Å². The summed E-state index contributed by atoms with van der Waals surface area (Å²) in [5, 5.41) is 5.82. The van der Waals surface area contributed by atoms with Crippen molar-refractivity contribution in [3.63, 3.8) is 0 Å². The predicted molar refractivity (Wildman–Crippen MR) is 222 cm³/mol. The van der Waals surface area contributed by atoms with Gasteiger partial charge in [0.1, 0.15) is 57.6 Å². The highest BCUT2D eigenvalue weighted by molar-refractivity contribution is 7.91. The summed E-state index contributed by atoms with van der Waals surface area (Å²) in [6.45, 7) is 16.0. The summed E-state index contributed by atoms with van der Waals surface area (Å²) < 4.78 is 52.4. The number of thiazole rings is 1.